The maximum absolute atomic E-state index is 11.8. The lowest BCUT2D eigenvalue weighted by Gasteiger charge is -2.36. The molecule has 21 heavy (non-hydrogen) atoms. The third-order valence-electron chi connectivity index (χ3n) is 4.18. The number of rotatable bonds is 2. The van der Waals surface area contributed by atoms with E-state index in [1.165, 1.54) is 6.42 Å². The van der Waals surface area contributed by atoms with Gasteiger partial charge in [-0.2, -0.15) is 0 Å². The number of amides is 2. The first-order chi connectivity index (χ1) is 10.1. The fourth-order valence-corrected chi connectivity index (χ4v) is 3.24. The fraction of sp³-hybridized carbons (Fsp3) is 0.467. The number of aromatic amines is 1. The van der Waals surface area contributed by atoms with Crippen LogP contribution in [0.15, 0.2) is 18.2 Å². The van der Waals surface area contributed by atoms with E-state index in [4.69, 9.17) is 11.6 Å². The first-order valence-corrected chi connectivity index (χ1v) is 7.66. The Labute approximate surface area is 128 Å². The Morgan fingerprint density at radius 3 is 2.81 bits per heavy atom. The summed E-state index contributed by atoms with van der Waals surface area (Å²) in [5, 5.41) is 6.41. The number of nitrogens with zero attached hydrogens (tertiary/aromatic N) is 1. The molecule has 0 saturated heterocycles. The molecular formula is C15H19ClN4O. The fourth-order valence-electron chi connectivity index (χ4n) is 3.06. The molecule has 1 aliphatic carbocycles. The van der Waals surface area contributed by atoms with Gasteiger partial charge in [0.25, 0.3) is 0 Å². The zero-order valence-electron chi connectivity index (χ0n) is 12.0. The summed E-state index contributed by atoms with van der Waals surface area (Å²) in [6, 6.07) is 5.42. The Balaban J connectivity index is 2.02. The number of carbonyl (C=O) groups excluding carboxylic acids is 1. The van der Waals surface area contributed by atoms with Crippen molar-refractivity contribution in [1.29, 1.82) is 0 Å². The highest BCUT2D eigenvalue weighted by Gasteiger charge is 2.38. The number of halogens is 1. The van der Waals surface area contributed by atoms with Crippen LogP contribution in [-0.2, 0) is 5.54 Å². The zero-order chi connectivity index (χ0) is 14.9. The van der Waals surface area contributed by atoms with Crippen molar-refractivity contribution in [2.24, 2.45) is 0 Å². The lowest BCUT2D eigenvalue weighted by molar-refractivity contribution is 0.199. The number of urea groups is 1. The number of hydrogen-bond donors (Lipinski definition) is 3. The minimum atomic E-state index is -0.413. The van der Waals surface area contributed by atoms with E-state index in [-0.39, 0.29) is 6.03 Å². The maximum atomic E-state index is 11.8. The quantitative estimate of drug-likeness (QED) is 0.796. The van der Waals surface area contributed by atoms with Crippen LogP contribution < -0.4 is 10.6 Å². The van der Waals surface area contributed by atoms with Gasteiger partial charge in [-0.05, 0) is 31.0 Å². The lowest BCUT2D eigenvalue weighted by Crippen LogP contribution is -2.50. The number of carbonyl (C=O) groups is 1. The van der Waals surface area contributed by atoms with Gasteiger partial charge in [-0.25, -0.2) is 9.78 Å². The van der Waals surface area contributed by atoms with Gasteiger partial charge in [0.2, 0.25) is 0 Å². The first-order valence-electron chi connectivity index (χ1n) is 7.29. The number of aromatic nitrogens is 2. The standard InChI is InChI=1S/C15H19ClN4O/c1-17-14(21)20-15(7-3-2-4-8-15)13-18-11-6-5-10(16)9-12(11)19-13/h5-6,9H,2-4,7-8H2,1H3,(H,18,19)(H2,17,20,21). The Hall–Kier alpha value is -1.75. The lowest BCUT2D eigenvalue weighted by atomic mass is 9.81. The highest BCUT2D eigenvalue weighted by molar-refractivity contribution is 6.31. The molecule has 0 unspecified atom stereocenters. The van der Waals surface area contributed by atoms with E-state index in [0.717, 1.165) is 42.5 Å². The molecule has 0 spiro atoms. The Bertz CT molecular complexity index is 661. The van der Waals surface area contributed by atoms with Crippen LogP contribution in [0.5, 0.6) is 0 Å². The second-order valence-electron chi connectivity index (χ2n) is 5.59. The summed E-state index contributed by atoms with van der Waals surface area (Å²) in [4.78, 5) is 19.9. The van der Waals surface area contributed by atoms with Gasteiger partial charge in [0.05, 0.1) is 16.6 Å². The number of imidazole rings is 1. The third-order valence-corrected chi connectivity index (χ3v) is 4.42. The van der Waals surface area contributed by atoms with Crippen LogP contribution >= 0.6 is 11.6 Å². The van der Waals surface area contributed by atoms with Crippen LogP contribution in [0.25, 0.3) is 11.0 Å². The molecule has 112 valence electrons. The molecule has 2 aromatic rings. The van der Waals surface area contributed by atoms with Crippen LogP contribution in [0.1, 0.15) is 37.9 Å². The van der Waals surface area contributed by atoms with E-state index in [9.17, 15) is 4.79 Å². The van der Waals surface area contributed by atoms with Crippen molar-refractivity contribution in [2.75, 3.05) is 7.05 Å². The summed E-state index contributed by atoms with van der Waals surface area (Å²) in [5.74, 6) is 0.822. The van der Waals surface area contributed by atoms with Crippen molar-refractivity contribution in [3.8, 4) is 0 Å². The van der Waals surface area contributed by atoms with Gasteiger partial charge in [-0.15, -0.1) is 0 Å². The molecule has 1 aromatic carbocycles. The second-order valence-corrected chi connectivity index (χ2v) is 6.03. The van der Waals surface area contributed by atoms with Gasteiger partial charge in [-0.3, -0.25) is 0 Å². The van der Waals surface area contributed by atoms with Crippen LogP contribution in [0.4, 0.5) is 4.79 Å². The summed E-state index contributed by atoms with van der Waals surface area (Å²) in [7, 11) is 1.63. The van der Waals surface area contributed by atoms with Gasteiger partial charge in [0.1, 0.15) is 5.82 Å². The molecule has 1 aromatic heterocycles. The number of hydrogen-bond acceptors (Lipinski definition) is 2. The molecule has 0 radical (unpaired) electrons. The van der Waals surface area contributed by atoms with Crippen molar-refractivity contribution in [1.82, 2.24) is 20.6 Å². The summed E-state index contributed by atoms with van der Waals surface area (Å²) in [6.07, 6.45) is 5.16. The Morgan fingerprint density at radius 1 is 1.33 bits per heavy atom. The summed E-state index contributed by atoms with van der Waals surface area (Å²) < 4.78 is 0. The first kappa shape index (κ1) is 14.2. The molecule has 1 fully saturated rings. The summed E-state index contributed by atoms with van der Waals surface area (Å²) in [5.41, 5.74) is 1.36. The second kappa shape index (κ2) is 5.56. The molecular weight excluding hydrogens is 288 g/mol. The van der Waals surface area contributed by atoms with E-state index >= 15 is 0 Å². The molecule has 1 heterocycles. The highest BCUT2D eigenvalue weighted by Crippen LogP contribution is 2.36. The smallest absolute Gasteiger partial charge is 0.315 e. The van der Waals surface area contributed by atoms with E-state index < -0.39 is 5.54 Å². The Kier molecular flexibility index (Phi) is 3.76. The predicted molar refractivity (Wildman–Crippen MR) is 83.5 cm³/mol. The zero-order valence-corrected chi connectivity index (χ0v) is 12.8. The highest BCUT2D eigenvalue weighted by atomic mass is 35.5. The molecule has 6 heteroatoms. The van der Waals surface area contributed by atoms with Crippen molar-refractivity contribution in [2.45, 2.75) is 37.6 Å². The number of nitrogens with one attached hydrogen (secondary N) is 3. The van der Waals surface area contributed by atoms with Gasteiger partial charge in [0, 0.05) is 12.1 Å². The van der Waals surface area contributed by atoms with Crippen LogP contribution in [0.3, 0.4) is 0 Å². The topological polar surface area (TPSA) is 69.8 Å². The van der Waals surface area contributed by atoms with Gasteiger partial charge in [0.15, 0.2) is 0 Å². The van der Waals surface area contributed by atoms with Crippen LogP contribution in [-0.4, -0.2) is 23.0 Å². The molecule has 0 bridgehead atoms. The molecule has 0 atom stereocenters. The molecule has 3 N–H and O–H groups in total. The van der Waals surface area contributed by atoms with Crippen molar-refractivity contribution >= 4 is 28.7 Å². The van der Waals surface area contributed by atoms with Crippen molar-refractivity contribution in [3.05, 3.63) is 29.0 Å². The minimum Gasteiger partial charge on any atom is -0.341 e. The molecule has 3 rings (SSSR count). The van der Waals surface area contributed by atoms with E-state index in [1.807, 2.05) is 18.2 Å². The monoisotopic (exact) mass is 306 g/mol. The molecule has 1 aliphatic rings. The normalized spacial score (nSPS) is 17.6. The van der Waals surface area contributed by atoms with Crippen molar-refractivity contribution < 1.29 is 4.79 Å². The van der Waals surface area contributed by atoms with E-state index in [0.29, 0.717) is 5.02 Å². The molecule has 2 amide bonds. The Morgan fingerprint density at radius 2 is 2.10 bits per heavy atom. The average Bonchev–Trinajstić information content (AvgIpc) is 2.91. The number of H-pyrrole nitrogens is 1. The average molecular weight is 307 g/mol. The van der Waals surface area contributed by atoms with Crippen LogP contribution in [0.2, 0.25) is 5.02 Å². The summed E-state index contributed by atoms with van der Waals surface area (Å²) in [6.45, 7) is 0. The maximum Gasteiger partial charge on any atom is 0.315 e. The van der Waals surface area contributed by atoms with Gasteiger partial charge in [-0.1, -0.05) is 30.9 Å². The van der Waals surface area contributed by atoms with Crippen molar-refractivity contribution in [3.63, 3.8) is 0 Å². The van der Waals surface area contributed by atoms with Gasteiger partial charge < -0.3 is 15.6 Å². The van der Waals surface area contributed by atoms with E-state index in [2.05, 4.69) is 20.6 Å². The van der Waals surface area contributed by atoms with Crippen LogP contribution in [0, 0.1) is 0 Å². The molecule has 1 saturated carbocycles. The largest absolute Gasteiger partial charge is 0.341 e. The predicted octanol–water partition coefficient (Wildman–Crippen LogP) is 3.30. The minimum absolute atomic E-state index is 0.171. The van der Waals surface area contributed by atoms with Gasteiger partial charge >= 0.3 is 6.03 Å². The van der Waals surface area contributed by atoms with E-state index in [1.54, 1.807) is 7.05 Å². The SMILES string of the molecule is CNC(=O)NC1(c2nc3ccc(Cl)cc3[nH]2)CCCCC1. The molecule has 0 aliphatic heterocycles. The number of fused-ring (bicyclic) bond motifs is 1. The number of benzene rings is 1. The summed E-state index contributed by atoms with van der Waals surface area (Å²) >= 11 is 6.03. The molecule has 5 nitrogen and oxygen atoms in total. The third kappa shape index (κ3) is 2.70.